The van der Waals surface area contributed by atoms with Gasteiger partial charge in [-0.15, -0.1) is 0 Å². The van der Waals surface area contributed by atoms with E-state index in [0.29, 0.717) is 35.9 Å². The van der Waals surface area contributed by atoms with Crippen LogP contribution in [0.2, 0.25) is 5.02 Å². The van der Waals surface area contributed by atoms with Crippen LogP contribution in [0.1, 0.15) is 45.4 Å². The van der Waals surface area contributed by atoms with Crippen molar-refractivity contribution in [3.05, 3.63) is 51.5 Å². The quantitative estimate of drug-likeness (QED) is 0.452. The predicted octanol–water partition coefficient (Wildman–Crippen LogP) is 4.91. The zero-order valence-corrected chi connectivity index (χ0v) is 20.8. The second-order valence-electron chi connectivity index (χ2n) is 9.41. The number of nitrogens with zero attached hydrogens (tertiary/aromatic N) is 3. The molecule has 0 radical (unpaired) electrons. The Kier molecular flexibility index (Phi) is 9.12. The molecule has 0 unspecified atom stereocenters. The van der Waals surface area contributed by atoms with Gasteiger partial charge >= 0.3 is 6.18 Å². The Morgan fingerprint density at radius 1 is 1.11 bits per heavy atom. The molecule has 1 aromatic carbocycles. The highest BCUT2D eigenvalue weighted by atomic mass is 35.5. The minimum absolute atomic E-state index is 0.0667. The molecule has 1 saturated heterocycles. The van der Waals surface area contributed by atoms with Gasteiger partial charge in [-0.3, -0.25) is 19.1 Å². The standard InChI is InChI=1S/C25H31ClF3N3O3/c1-24(2,31-12-14-35-15-13-31)11-9-20(33)17-32-22(4-3-10-25(27,28)29)30-21(16-23(32)34)18-5-7-19(26)8-6-18/h5-8,16H,3-4,9-15,17H2,1-2H3. The molecule has 0 spiro atoms. The van der Waals surface area contributed by atoms with Gasteiger partial charge in [0.05, 0.1) is 25.5 Å². The molecule has 1 aliphatic rings. The molecular formula is C25H31ClF3N3O3. The lowest BCUT2D eigenvalue weighted by atomic mass is 9.94. The van der Waals surface area contributed by atoms with Crippen LogP contribution in [0.5, 0.6) is 0 Å². The lowest BCUT2D eigenvalue weighted by molar-refractivity contribution is -0.135. The number of ether oxygens (including phenoxy) is 1. The molecule has 0 bridgehead atoms. The van der Waals surface area contributed by atoms with Crippen molar-refractivity contribution in [1.29, 1.82) is 0 Å². The third-order valence-corrected chi connectivity index (χ3v) is 6.56. The molecule has 1 aliphatic heterocycles. The van der Waals surface area contributed by atoms with Crippen molar-refractivity contribution < 1.29 is 22.7 Å². The molecule has 192 valence electrons. The van der Waals surface area contributed by atoms with Crippen LogP contribution in [0.15, 0.2) is 35.1 Å². The molecule has 10 heteroatoms. The molecule has 3 rings (SSSR count). The number of morpholine rings is 1. The van der Waals surface area contributed by atoms with Gasteiger partial charge in [0.15, 0.2) is 5.78 Å². The average Bonchev–Trinajstić information content (AvgIpc) is 2.80. The Hall–Kier alpha value is -2.23. The molecule has 6 nitrogen and oxygen atoms in total. The largest absolute Gasteiger partial charge is 0.389 e. The summed E-state index contributed by atoms with van der Waals surface area (Å²) in [4.78, 5) is 32.5. The number of ketones is 1. The van der Waals surface area contributed by atoms with Crippen molar-refractivity contribution >= 4 is 17.4 Å². The van der Waals surface area contributed by atoms with Gasteiger partial charge in [0.2, 0.25) is 0 Å². The van der Waals surface area contributed by atoms with Crippen molar-refractivity contribution in [3.8, 4) is 11.3 Å². The summed E-state index contributed by atoms with van der Waals surface area (Å²) >= 11 is 5.93. The van der Waals surface area contributed by atoms with Crippen LogP contribution in [0.3, 0.4) is 0 Å². The van der Waals surface area contributed by atoms with E-state index >= 15 is 0 Å². The third kappa shape index (κ3) is 8.15. The van der Waals surface area contributed by atoms with Crippen LogP contribution in [0, 0.1) is 0 Å². The summed E-state index contributed by atoms with van der Waals surface area (Å²) in [6.45, 7) is 6.82. The zero-order chi connectivity index (χ0) is 25.6. The molecular weight excluding hydrogens is 483 g/mol. The van der Waals surface area contributed by atoms with Crippen molar-refractivity contribution in [2.24, 2.45) is 0 Å². The summed E-state index contributed by atoms with van der Waals surface area (Å²) in [5, 5.41) is 0.512. The average molecular weight is 514 g/mol. The smallest absolute Gasteiger partial charge is 0.379 e. The molecule has 0 amide bonds. The Balaban J connectivity index is 1.77. The summed E-state index contributed by atoms with van der Waals surface area (Å²) in [5.74, 6) is 0.0130. The number of halogens is 4. The van der Waals surface area contributed by atoms with Crippen LogP contribution >= 0.6 is 11.6 Å². The first-order chi connectivity index (χ1) is 16.4. The van der Waals surface area contributed by atoms with Gasteiger partial charge in [-0.05, 0) is 38.8 Å². The molecule has 35 heavy (non-hydrogen) atoms. The second kappa shape index (κ2) is 11.7. The summed E-state index contributed by atoms with van der Waals surface area (Å²) in [6.07, 6.45) is -4.74. The normalized spacial score (nSPS) is 15.4. The lowest BCUT2D eigenvalue weighted by Gasteiger charge is -2.40. The van der Waals surface area contributed by atoms with Crippen LogP contribution in [0.25, 0.3) is 11.3 Å². The number of Topliss-reactive ketones (excluding diaryl/α,β-unsaturated/α-hetero) is 1. The van der Waals surface area contributed by atoms with E-state index in [4.69, 9.17) is 16.3 Å². The van der Waals surface area contributed by atoms with Crippen molar-refractivity contribution in [1.82, 2.24) is 14.5 Å². The van der Waals surface area contributed by atoms with Crippen molar-refractivity contribution in [2.45, 2.75) is 64.2 Å². The van der Waals surface area contributed by atoms with Crippen molar-refractivity contribution in [2.75, 3.05) is 26.3 Å². The Bertz CT molecular complexity index is 1060. The first-order valence-corrected chi connectivity index (χ1v) is 12.1. The predicted molar refractivity (Wildman–Crippen MR) is 129 cm³/mol. The van der Waals surface area contributed by atoms with E-state index in [1.807, 2.05) is 0 Å². The number of carbonyl (C=O) groups is 1. The third-order valence-electron chi connectivity index (χ3n) is 6.31. The summed E-state index contributed by atoms with van der Waals surface area (Å²) < 4.78 is 44.8. The summed E-state index contributed by atoms with van der Waals surface area (Å²) in [5.41, 5.74) is 0.282. The molecule has 0 N–H and O–H groups in total. The van der Waals surface area contributed by atoms with E-state index in [2.05, 4.69) is 23.7 Å². The number of rotatable bonds is 10. The van der Waals surface area contributed by atoms with E-state index in [9.17, 15) is 22.8 Å². The first kappa shape index (κ1) is 27.4. The molecule has 0 saturated carbocycles. The molecule has 0 atom stereocenters. The van der Waals surface area contributed by atoms with Crippen molar-refractivity contribution in [3.63, 3.8) is 0 Å². The van der Waals surface area contributed by atoms with Gasteiger partial charge in [0.25, 0.3) is 5.56 Å². The fourth-order valence-corrected chi connectivity index (χ4v) is 4.28. The molecule has 1 fully saturated rings. The van der Waals surface area contributed by atoms with Crippen LogP contribution < -0.4 is 5.56 Å². The molecule has 1 aromatic heterocycles. The minimum Gasteiger partial charge on any atom is -0.379 e. The number of aromatic nitrogens is 2. The van der Waals surface area contributed by atoms with Gasteiger partial charge in [-0.25, -0.2) is 4.98 Å². The number of aryl methyl sites for hydroxylation is 1. The maximum Gasteiger partial charge on any atom is 0.389 e. The maximum atomic E-state index is 12.9. The number of benzene rings is 1. The maximum absolute atomic E-state index is 12.9. The van der Waals surface area contributed by atoms with Crippen LogP contribution in [-0.2, 0) is 22.5 Å². The van der Waals surface area contributed by atoms with E-state index < -0.39 is 18.2 Å². The van der Waals surface area contributed by atoms with Crippen LogP contribution in [0.4, 0.5) is 13.2 Å². The monoisotopic (exact) mass is 513 g/mol. The van der Waals surface area contributed by atoms with Gasteiger partial charge in [0.1, 0.15) is 5.82 Å². The Labute approximate surface area is 208 Å². The first-order valence-electron chi connectivity index (χ1n) is 11.7. The molecule has 0 aliphatic carbocycles. The van der Waals surface area contributed by atoms with E-state index in [1.165, 1.54) is 10.6 Å². The molecule has 2 aromatic rings. The van der Waals surface area contributed by atoms with Gasteiger partial charge in [-0.1, -0.05) is 23.7 Å². The SMILES string of the molecule is CC(C)(CCC(=O)Cn1c(CCCC(F)(F)F)nc(-c2ccc(Cl)cc2)cc1=O)N1CCOCC1. The van der Waals surface area contributed by atoms with E-state index in [1.54, 1.807) is 24.3 Å². The van der Waals surface area contributed by atoms with Gasteiger partial charge < -0.3 is 4.74 Å². The Morgan fingerprint density at radius 3 is 2.40 bits per heavy atom. The van der Waals surface area contributed by atoms with E-state index in [0.717, 1.165) is 13.1 Å². The van der Waals surface area contributed by atoms with E-state index in [-0.39, 0.29) is 43.0 Å². The number of hydrogen-bond acceptors (Lipinski definition) is 5. The summed E-state index contributed by atoms with van der Waals surface area (Å²) in [7, 11) is 0. The molecule has 2 heterocycles. The zero-order valence-electron chi connectivity index (χ0n) is 20.0. The highest BCUT2D eigenvalue weighted by Gasteiger charge is 2.29. The minimum atomic E-state index is -4.31. The summed E-state index contributed by atoms with van der Waals surface area (Å²) in [6, 6.07) is 7.97. The lowest BCUT2D eigenvalue weighted by Crippen LogP contribution is -2.50. The topological polar surface area (TPSA) is 64.4 Å². The van der Waals surface area contributed by atoms with Gasteiger partial charge in [-0.2, -0.15) is 13.2 Å². The number of alkyl halides is 3. The Morgan fingerprint density at radius 2 is 1.77 bits per heavy atom. The number of hydrogen-bond donors (Lipinski definition) is 0. The second-order valence-corrected chi connectivity index (χ2v) is 9.84. The van der Waals surface area contributed by atoms with Crippen LogP contribution in [-0.4, -0.2) is 58.3 Å². The number of carbonyl (C=O) groups excluding carboxylic acids is 1. The highest BCUT2D eigenvalue weighted by Crippen LogP contribution is 2.24. The fraction of sp³-hybridized carbons (Fsp3) is 0.560. The van der Waals surface area contributed by atoms with Gasteiger partial charge in [0, 0.05) is 54.5 Å². The highest BCUT2D eigenvalue weighted by molar-refractivity contribution is 6.30. The fourth-order valence-electron chi connectivity index (χ4n) is 4.16.